The summed E-state index contributed by atoms with van der Waals surface area (Å²) in [6, 6.07) is 6.26. The van der Waals surface area contributed by atoms with E-state index in [1.807, 2.05) is 19.3 Å². The van der Waals surface area contributed by atoms with Crippen molar-refractivity contribution < 1.29 is 0 Å². The molecular formula is C14H18BrN3. The Bertz CT molecular complexity index is 558. The number of benzene rings is 1. The molecule has 0 spiro atoms. The molecular weight excluding hydrogens is 290 g/mol. The molecule has 0 aliphatic heterocycles. The summed E-state index contributed by atoms with van der Waals surface area (Å²) in [5.74, 6) is 0.944. The highest BCUT2D eigenvalue weighted by molar-refractivity contribution is 9.10. The number of aryl methyl sites for hydroxylation is 1. The summed E-state index contributed by atoms with van der Waals surface area (Å²) in [5.41, 5.74) is 3.30. The summed E-state index contributed by atoms with van der Waals surface area (Å²) in [6.07, 6.45) is 1.89. The van der Waals surface area contributed by atoms with Gasteiger partial charge < -0.3 is 10.3 Å². The third kappa shape index (κ3) is 2.49. The van der Waals surface area contributed by atoms with Gasteiger partial charge >= 0.3 is 0 Å². The maximum Gasteiger partial charge on any atom is 0.126 e. The summed E-state index contributed by atoms with van der Waals surface area (Å²) in [5, 5.41) is 3.25. The van der Waals surface area contributed by atoms with Crippen molar-refractivity contribution in [1.29, 1.82) is 0 Å². The molecule has 0 aliphatic rings. The van der Waals surface area contributed by atoms with E-state index in [1.165, 1.54) is 11.1 Å². The first-order valence-corrected chi connectivity index (χ1v) is 6.74. The normalized spacial score (nSPS) is 11.8. The number of rotatable bonds is 3. The topological polar surface area (TPSA) is 40.7 Å². The van der Waals surface area contributed by atoms with E-state index in [2.05, 4.69) is 64.1 Å². The molecule has 0 saturated carbocycles. The zero-order chi connectivity index (χ0) is 13.3. The van der Waals surface area contributed by atoms with Crippen molar-refractivity contribution in [2.45, 2.75) is 26.3 Å². The number of aromatic amines is 1. The Labute approximate surface area is 116 Å². The van der Waals surface area contributed by atoms with Crippen LogP contribution in [-0.4, -0.2) is 17.0 Å². The quantitative estimate of drug-likeness (QED) is 0.909. The van der Waals surface area contributed by atoms with Gasteiger partial charge in [-0.2, -0.15) is 0 Å². The minimum Gasteiger partial charge on any atom is -0.340 e. The van der Waals surface area contributed by atoms with E-state index in [-0.39, 0.29) is 5.54 Å². The fourth-order valence-electron chi connectivity index (χ4n) is 1.78. The SMILES string of the molecule is CNC(C)(C)c1ncc(-c2cc(Br)ccc2C)[nH]1. The lowest BCUT2D eigenvalue weighted by atomic mass is 10.1. The van der Waals surface area contributed by atoms with Crippen LogP contribution >= 0.6 is 15.9 Å². The Hall–Kier alpha value is -1.13. The van der Waals surface area contributed by atoms with E-state index >= 15 is 0 Å². The van der Waals surface area contributed by atoms with Crippen LogP contribution in [0.25, 0.3) is 11.3 Å². The Balaban J connectivity index is 2.44. The van der Waals surface area contributed by atoms with Gasteiger partial charge in [-0.25, -0.2) is 4.98 Å². The number of H-pyrrole nitrogens is 1. The van der Waals surface area contributed by atoms with E-state index < -0.39 is 0 Å². The second kappa shape index (κ2) is 4.86. The number of hydrogen-bond donors (Lipinski definition) is 2. The fraction of sp³-hybridized carbons (Fsp3) is 0.357. The van der Waals surface area contributed by atoms with Gasteiger partial charge in [0.1, 0.15) is 5.82 Å². The molecule has 0 atom stereocenters. The van der Waals surface area contributed by atoms with Crippen molar-refractivity contribution in [3.63, 3.8) is 0 Å². The van der Waals surface area contributed by atoms with Crippen LogP contribution in [-0.2, 0) is 5.54 Å². The molecule has 0 bridgehead atoms. The van der Waals surface area contributed by atoms with Crippen LogP contribution < -0.4 is 5.32 Å². The minimum absolute atomic E-state index is 0.155. The van der Waals surface area contributed by atoms with Gasteiger partial charge in [0.25, 0.3) is 0 Å². The van der Waals surface area contributed by atoms with Gasteiger partial charge in [-0.15, -0.1) is 0 Å². The number of imidazole rings is 1. The van der Waals surface area contributed by atoms with Gasteiger partial charge in [-0.3, -0.25) is 0 Å². The summed E-state index contributed by atoms with van der Waals surface area (Å²) >= 11 is 3.51. The molecule has 2 aromatic rings. The van der Waals surface area contributed by atoms with Crippen molar-refractivity contribution in [2.24, 2.45) is 0 Å². The van der Waals surface area contributed by atoms with Crippen LogP contribution in [0, 0.1) is 6.92 Å². The highest BCUT2D eigenvalue weighted by Crippen LogP contribution is 2.27. The van der Waals surface area contributed by atoms with Gasteiger partial charge in [-0.05, 0) is 45.5 Å². The first-order chi connectivity index (χ1) is 8.44. The van der Waals surface area contributed by atoms with Crippen molar-refractivity contribution in [2.75, 3.05) is 7.05 Å². The Morgan fingerprint density at radius 1 is 1.33 bits per heavy atom. The lowest BCUT2D eigenvalue weighted by molar-refractivity contribution is 0.421. The predicted octanol–water partition coefficient (Wildman–Crippen LogP) is 3.60. The molecule has 18 heavy (non-hydrogen) atoms. The van der Waals surface area contributed by atoms with Crippen molar-refractivity contribution in [1.82, 2.24) is 15.3 Å². The molecule has 2 N–H and O–H groups in total. The standard InChI is InChI=1S/C14H18BrN3/c1-9-5-6-10(15)7-11(9)12-8-17-13(18-12)14(2,3)16-4/h5-8,16H,1-4H3,(H,17,18). The molecule has 0 aliphatic carbocycles. The average Bonchev–Trinajstić information content (AvgIpc) is 2.82. The lowest BCUT2D eigenvalue weighted by Gasteiger charge is -2.20. The van der Waals surface area contributed by atoms with Crippen LogP contribution in [0.2, 0.25) is 0 Å². The lowest BCUT2D eigenvalue weighted by Crippen LogP contribution is -2.34. The van der Waals surface area contributed by atoms with Gasteiger partial charge in [-0.1, -0.05) is 22.0 Å². The average molecular weight is 308 g/mol. The summed E-state index contributed by atoms with van der Waals surface area (Å²) < 4.78 is 1.08. The highest BCUT2D eigenvalue weighted by Gasteiger charge is 2.21. The molecule has 4 heteroatoms. The fourth-order valence-corrected chi connectivity index (χ4v) is 2.14. The Morgan fingerprint density at radius 3 is 2.72 bits per heavy atom. The molecule has 1 aromatic carbocycles. The summed E-state index contributed by atoms with van der Waals surface area (Å²) in [4.78, 5) is 7.87. The van der Waals surface area contributed by atoms with E-state index in [9.17, 15) is 0 Å². The zero-order valence-electron chi connectivity index (χ0n) is 11.1. The molecule has 1 heterocycles. The molecule has 0 fully saturated rings. The second-order valence-corrected chi connectivity index (χ2v) is 5.90. The maximum absolute atomic E-state index is 4.47. The molecule has 0 saturated heterocycles. The number of halogens is 1. The number of nitrogens with one attached hydrogen (secondary N) is 2. The molecule has 0 amide bonds. The van der Waals surface area contributed by atoms with Crippen LogP contribution in [0.15, 0.2) is 28.9 Å². The minimum atomic E-state index is -0.155. The number of nitrogens with zero attached hydrogens (tertiary/aromatic N) is 1. The van der Waals surface area contributed by atoms with Gasteiger partial charge in [0.05, 0.1) is 17.4 Å². The van der Waals surface area contributed by atoms with Gasteiger partial charge in [0.2, 0.25) is 0 Å². The van der Waals surface area contributed by atoms with E-state index in [0.29, 0.717) is 0 Å². The molecule has 2 rings (SSSR count). The maximum atomic E-state index is 4.47. The van der Waals surface area contributed by atoms with Gasteiger partial charge in [0.15, 0.2) is 0 Å². The molecule has 96 valence electrons. The van der Waals surface area contributed by atoms with E-state index in [0.717, 1.165) is 16.0 Å². The third-order valence-electron chi connectivity index (χ3n) is 3.28. The van der Waals surface area contributed by atoms with Crippen LogP contribution in [0.5, 0.6) is 0 Å². The molecule has 1 aromatic heterocycles. The summed E-state index contributed by atoms with van der Waals surface area (Å²) in [6.45, 7) is 6.30. The molecule has 0 unspecified atom stereocenters. The first-order valence-electron chi connectivity index (χ1n) is 5.95. The Morgan fingerprint density at radius 2 is 2.06 bits per heavy atom. The van der Waals surface area contributed by atoms with Gasteiger partial charge in [0, 0.05) is 10.0 Å². The zero-order valence-corrected chi connectivity index (χ0v) is 12.7. The number of aromatic nitrogens is 2. The molecule has 3 nitrogen and oxygen atoms in total. The smallest absolute Gasteiger partial charge is 0.126 e. The largest absolute Gasteiger partial charge is 0.340 e. The Kier molecular flexibility index (Phi) is 3.59. The third-order valence-corrected chi connectivity index (χ3v) is 3.78. The van der Waals surface area contributed by atoms with Crippen LogP contribution in [0.4, 0.5) is 0 Å². The van der Waals surface area contributed by atoms with Crippen LogP contribution in [0.3, 0.4) is 0 Å². The van der Waals surface area contributed by atoms with Crippen molar-refractivity contribution in [3.8, 4) is 11.3 Å². The monoisotopic (exact) mass is 307 g/mol. The first kappa shape index (κ1) is 13.3. The summed E-state index contributed by atoms with van der Waals surface area (Å²) in [7, 11) is 1.94. The second-order valence-electron chi connectivity index (χ2n) is 4.98. The highest BCUT2D eigenvalue weighted by atomic mass is 79.9. The van der Waals surface area contributed by atoms with E-state index in [4.69, 9.17) is 0 Å². The predicted molar refractivity (Wildman–Crippen MR) is 78.5 cm³/mol. The van der Waals surface area contributed by atoms with Crippen molar-refractivity contribution in [3.05, 3.63) is 40.3 Å². The van der Waals surface area contributed by atoms with Crippen molar-refractivity contribution >= 4 is 15.9 Å². The number of hydrogen-bond acceptors (Lipinski definition) is 2. The molecule has 0 radical (unpaired) electrons. The van der Waals surface area contributed by atoms with Crippen LogP contribution in [0.1, 0.15) is 25.2 Å². The van der Waals surface area contributed by atoms with E-state index in [1.54, 1.807) is 0 Å².